The average Bonchev–Trinajstić information content (AvgIpc) is 2.89. The van der Waals surface area contributed by atoms with Crippen molar-refractivity contribution in [1.82, 2.24) is 30.4 Å². The lowest BCUT2D eigenvalue weighted by Gasteiger charge is -2.26. The lowest BCUT2D eigenvalue weighted by molar-refractivity contribution is 0.226. The van der Waals surface area contributed by atoms with Gasteiger partial charge in [0.2, 0.25) is 0 Å². The van der Waals surface area contributed by atoms with E-state index in [0.717, 1.165) is 44.2 Å². The van der Waals surface area contributed by atoms with Crippen LogP contribution in [0.5, 0.6) is 0 Å². The van der Waals surface area contributed by atoms with Gasteiger partial charge in [-0.15, -0.1) is 29.9 Å². The minimum absolute atomic E-state index is 0. The maximum absolute atomic E-state index is 5.89. The zero-order valence-electron chi connectivity index (χ0n) is 11.3. The Hall–Kier alpha value is -0.920. The maximum atomic E-state index is 5.89. The minimum atomic E-state index is 0. The molecule has 116 valence electrons. The number of nitrogens with one attached hydrogen (secondary N) is 1. The van der Waals surface area contributed by atoms with Crippen molar-refractivity contribution in [3.05, 3.63) is 35.1 Å². The lowest BCUT2D eigenvalue weighted by Crippen LogP contribution is -2.43. The predicted molar refractivity (Wildman–Crippen MR) is 86.8 cm³/mol. The van der Waals surface area contributed by atoms with Crippen LogP contribution in [0.15, 0.2) is 24.3 Å². The third-order valence-electron chi connectivity index (χ3n) is 3.18. The molecule has 0 spiro atoms. The number of aromatic nitrogens is 4. The van der Waals surface area contributed by atoms with Crippen molar-refractivity contribution in [2.45, 2.75) is 6.54 Å². The Bertz CT molecular complexity index is 538. The molecule has 1 aliphatic rings. The van der Waals surface area contributed by atoms with Gasteiger partial charge in [-0.25, -0.2) is 0 Å². The van der Waals surface area contributed by atoms with E-state index in [0.29, 0.717) is 5.02 Å². The van der Waals surface area contributed by atoms with Crippen LogP contribution in [0, 0.1) is 0 Å². The zero-order chi connectivity index (χ0) is 13.1. The highest BCUT2D eigenvalue weighted by Crippen LogP contribution is 2.14. The second kappa shape index (κ2) is 8.51. The van der Waals surface area contributed by atoms with Gasteiger partial charge >= 0.3 is 0 Å². The summed E-state index contributed by atoms with van der Waals surface area (Å²) >= 11 is 5.89. The molecule has 1 fully saturated rings. The van der Waals surface area contributed by atoms with E-state index in [-0.39, 0.29) is 24.8 Å². The summed E-state index contributed by atoms with van der Waals surface area (Å²) in [5.41, 5.74) is 0.930. The van der Waals surface area contributed by atoms with E-state index in [9.17, 15) is 0 Å². The van der Waals surface area contributed by atoms with Gasteiger partial charge in [-0.2, -0.15) is 4.68 Å². The first-order valence-corrected chi connectivity index (χ1v) is 6.67. The third kappa shape index (κ3) is 4.52. The Morgan fingerprint density at radius 3 is 2.43 bits per heavy atom. The highest BCUT2D eigenvalue weighted by Gasteiger charge is 2.15. The van der Waals surface area contributed by atoms with E-state index in [1.165, 1.54) is 0 Å². The van der Waals surface area contributed by atoms with Gasteiger partial charge in [0.1, 0.15) is 0 Å². The van der Waals surface area contributed by atoms with Crippen LogP contribution in [0.25, 0.3) is 5.69 Å². The highest BCUT2D eigenvalue weighted by atomic mass is 35.5. The molecule has 0 bridgehead atoms. The molecule has 1 saturated heterocycles. The van der Waals surface area contributed by atoms with Gasteiger partial charge in [-0.1, -0.05) is 11.6 Å². The number of rotatable bonds is 3. The molecule has 21 heavy (non-hydrogen) atoms. The molecular formula is C12H17Cl3N6. The van der Waals surface area contributed by atoms with Crippen LogP contribution >= 0.6 is 36.4 Å². The fourth-order valence-corrected chi connectivity index (χ4v) is 2.28. The van der Waals surface area contributed by atoms with E-state index in [1.54, 1.807) is 4.68 Å². The molecule has 0 atom stereocenters. The predicted octanol–water partition coefficient (Wildman–Crippen LogP) is 1.56. The van der Waals surface area contributed by atoms with Crippen LogP contribution in [-0.2, 0) is 6.54 Å². The first-order chi connectivity index (χ1) is 9.33. The van der Waals surface area contributed by atoms with Crippen LogP contribution in [0.2, 0.25) is 5.02 Å². The van der Waals surface area contributed by atoms with Crippen molar-refractivity contribution in [2.75, 3.05) is 26.2 Å². The number of tetrazole rings is 1. The Kier molecular flexibility index (Phi) is 7.34. The molecule has 2 aromatic rings. The van der Waals surface area contributed by atoms with Crippen LogP contribution < -0.4 is 5.32 Å². The lowest BCUT2D eigenvalue weighted by atomic mass is 10.3. The van der Waals surface area contributed by atoms with Crippen LogP contribution in [0.4, 0.5) is 0 Å². The van der Waals surface area contributed by atoms with E-state index >= 15 is 0 Å². The topological polar surface area (TPSA) is 58.9 Å². The summed E-state index contributed by atoms with van der Waals surface area (Å²) < 4.78 is 1.76. The molecule has 2 heterocycles. The first-order valence-electron chi connectivity index (χ1n) is 6.29. The second-order valence-corrected chi connectivity index (χ2v) is 4.95. The van der Waals surface area contributed by atoms with Crippen molar-refractivity contribution >= 4 is 36.4 Å². The second-order valence-electron chi connectivity index (χ2n) is 4.51. The third-order valence-corrected chi connectivity index (χ3v) is 3.43. The largest absolute Gasteiger partial charge is 0.314 e. The summed E-state index contributed by atoms with van der Waals surface area (Å²) in [5, 5.41) is 16.0. The van der Waals surface area contributed by atoms with Crippen molar-refractivity contribution in [3.8, 4) is 5.69 Å². The summed E-state index contributed by atoms with van der Waals surface area (Å²) in [7, 11) is 0. The van der Waals surface area contributed by atoms with Crippen LogP contribution in [0.3, 0.4) is 0 Å². The van der Waals surface area contributed by atoms with E-state index < -0.39 is 0 Å². The minimum Gasteiger partial charge on any atom is -0.314 e. The Labute approximate surface area is 140 Å². The number of halogens is 3. The monoisotopic (exact) mass is 350 g/mol. The summed E-state index contributed by atoms with van der Waals surface area (Å²) in [5.74, 6) is 0.851. The Morgan fingerprint density at radius 1 is 1.10 bits per heavy atom. The van der Waals surface area contributed by atoms with Gasteiger partial charge in [0.25, 0.3) is 0 Å². The van der Waals surface area contributed by atoms with E-state index in [1.807, 2.05) is 24.3 Å². The molecule has 3 rings (SSSR count). The first kappa shape index (κ1) is 18.1. The van der Waals surface area contributed by atoms with Gasteiger partial charge in [0, 0.05) is 31.2 Å². The molecule has 0 radical (unpaired) electrons. The molecule has 0 aliphatic carbocycles. The van der Waals surface area contributed by atoms with Crippen molar-refractivity contribution in [2.24, 2.45) is 0 Å². The number of nitrogens with zero attached hydrogens (tertiary/aromatic N) is 5. The number of piperazine rings is 1. The molecule has 1 aromatic heterocycles. The van der Waals surface area contributed by atoms with Gasteiger partial charge in [0.05, 0.1) is 12.2 Å². The summed E-state index contributed by atoms with van der Waals surface area (Å²) in [4.78, 5) is 2.34. The quantitative estimate of drug-likeness (QED) is 0.909. The summed E-state index contributed by atoms with van der Waals surface area (Å²) in [6.45, 7) is 4.84. The maximum Gasteiger partial charge on any atom is 0.170 e. The van der Waals surface area contributed by atoms with Gasteiger partial charge in [0.15, 0.2) is 5.82 Å². The Morgan fingerprint density at radius 2 is 1.76 bits per heavy atom. The highest BCUT2D eigenvalue weighted by molar-refractivity contribution is 6.30. The van der Waals surface area contributed by atoms with Gasteiger partial charge < -0.3 is 5.32 Å². The SMILES string of the molecule is Cl.Cl.Clc1ccc(-n2nnnc2CN2CCNCC2)cc1. The number of hydrogen-bond acceptors (Lipinski definition) is 5. The molecule has 6 nitrogen and oxygen atoms in total. The molecule has 1 aliphatic heterocycles. The average molecular weight is 352 g/mol. The fourth-order valence-electron chi connectivity index (χ4n) is 2.16. The molecule has 1 N–H and O–H groups in total. The molecule has 0 amide bonds. The number of benzene rings is 1. The summed E-state index contributed by atoms with van der Waals surface area (Å²) in [6, 6.07) is 7.51. The van der Waals surface area contributed by atoms with Crippen molar-refractivity contribution < 1.29 is 0 Å². The summed E-state index contributed by atoms with van der Waals surface area (Å²) in [6.07, 6.45) is 0. The molecule has 9 heteroatoms. The van der Waals surface area contributed by atoms with Gasteiger partial charge in [-0.3, -0.25) is 4.90 Å². The van der Waals surface area contributed by atoms with Crippen LogP contribution in [0.1, 0.15) is 5.82 Å². The van der Waals surface area contributed by atoms with E-state index in [2.05, 4.69) is 25.7 Å². The van der Waals surface area contributed by atoms with E-state index in [4.69, 9.17) is 11.6 Å². The fraction of sp³-hybridized carbons (Fsp3) is 0.417. The van der Waals surface area contributed by atoms with Crippen molar-refractivity contribution in [3.63, 3.8) is 0 Å². The van der Waals surface area contributed by atoms with Crippen molar-refractivity contribution in [1.29, 1.82) is 0 Å². The standard InChI is InChI=1S/C12H15ClN6.2ClH/c13-10-1-3-11(4-2-10)19-12(15-16-17-19)9-18-7-5-14-6-8-18;;/h1-4,14H,5-9H2;2*1H. The molecule has 0 saturated carbocycles. The van der Waals surface area contributed by atoms with Crippen LogP contribution in [-0.4, -0.2) is 51.3 Å². The normalized spacial score (nSPS) is 15.1. The molecule has 0 unspecified atom stereocenters. The smallest absolute Gasteiger partial charge is 0.170 e. The molecule has 1 aromatic carbocycles. The zero-order valence-corrected chi connectivity index (χ0v) is 13.7. The number of hydrogen-bond donors (Lipinski definition) is 1. The van der Waals surface area contributed by atoms with Gasteiger partial charge in [-0.05, 0) is 34.7 Å². The molecular weight excluding hydrogens is 335 g/mol. The Balaban J connectivity index is 0.00000110.